The molecule has 8 heteroatoms. The molecule has 0 spiro atoms. The Kier molecular flexibility index (Phi) is 4.29. The highest BCUT2D eigenvalue weighted by Gasteiger charge is 2.24. The van der Waals surface area contributed by atoms with Crippen molar-refractivity contribution in [1.29, 1.82) is 0 Å². The number of ether oxygens (including phenoxy) is 1. The van der Waals surface area contributed by atoms with Crippen LogP contribution in [0.1, 0.15) is 11.3 Å². The van der Waals surface area contributed by atoms with Crippen LogP contribution >= 0.6 is 0 Å². The lowest BCUT2D eigenvalue weighted by Crippen LogP contribution is -2.36. The third kappa shape index (κ3) is 3.45. The fourth-order valence-electron chi connectivity index (χ4n) is 2.94. The Hall–Kier alpha value is -2.58. The Labute approximate surface area is 144 Å². The van der Waals surface area contributed by atoms with Gasteiger partial charge in [-0.2, -0.15) is 5.10 Å². The Morgan fingerprint density at radius 2 is 2.16 bits per heavy atom. The summed E-state index contributed by atoms with van der Waals surface area (Å²) in [5, 5.41) is 16.0. The predicted molar refractivity (Wildman–Crippen MR) is 88.9 cm³/mol. The Morgan fingerprint density at radius 3 is 2.92 bits per heavy atom. The van der Waals surface area contributed by atoms with Crippen LogP contribution in [0.5, 0.6) is 0 Å². The number of hydrogen-bond acceptors (Lipinski definition) is 5. The highest BCUT2D eigenvalue weighted by Crippen LogP contribution is 2.24. The number of aromatic nitrogens is 5. The van der Waals surface area contributed by atoms with Crippen LogP contribution in [0.15, 0.2) is 36.7 Å². The zero-order valence-corrected chi connectivity index (χ0v) is 13.9. The van der Waals surface area contributed by atoms with E-state index >= 15 is 0 Å². The molecule has 4 rings (SSSR count). The number of aryl methyl sites for hydroxylation is 1. The maximum Gasteiger partial charge on any atom is 0.123 e. The molecular formula is C17H19FN6O. The predicted octanol–water partition coefficient (Wildman–Crippen LogP) is 1.51. The van der Waals surface area contributed by atoms with Gasteiger partial charge >= 0.3 is 0 Å². The van der Waals surface area contributed by atoms with Gasteiger partial charge in [0.2, 0.25) is 0 Å². The van der Waals surface area contributed by atoms with Crippen LogP contribution in [0.25, 0.3) is 11.3 Å². The van der Waals surface area contributed by atoms with Crippen molar-refractivity contribution in [3.05, 3.63) is 53.7 Å². The molecule has 0 unspecified atom stereocenters. The summed E-state index contributed by atoms with van der Waals surface area (Å²) in [6.07, 6.45) is 3.72. The van der Waals surface area contributed by atoms with E-state index in [1.165, 1.54) is 12.1 Å². The minimum Gasteiger partial charge on any atom is -0.369 e. The van der Waals surface area contributed by atoms with E-state index in [9.17, 15) is 4.39 Å². The van der Waals surface area contributed by atoms with Crippen LogP contribution in [0, 0.1) is 5.82 Å². The fraction of sp³-hybridized carbons (Fsp3) is 0.353. The molecule has 130 valence electrons. The molecule has 25 heavy (non-hydrogen) atoms. The summed E-state index contributed by atoms with van der Waals surface area (Å²) in [6.45, 7) is 2.49. The summed E-state index contributed by atoms with van der Waals surface area (Å²) in [6, 6.07) is 6.49. The summed E-state index contributed by atoms with van der Waals surface area (Å²) >= 11 is 0. The van der Waals surface area contributed by atoms with E-state index in [1.807, 2.05) is 17.9 Å². The lowest BCUT2D eigenvalue weighted by Gasteiger charge is -2.24. The van der Waals surface area contributed by atoms with Gasteiger partial charge in [0.25, 0.3) is 0 Å². The summed E-state index contributed by atoms with van der Waals surface area (Å²) in [4.78, 5) is 0. The Morgan fingerprint density at radius 1 is 1.32 bits per heavy atom. The molecule has 0 saturated carbocycles. The second-order valence-corrected chi connectivity index (χ2v) is 6.16. The van der Waals surface area contributed by atoms with Crippen LogP contribution in [-0.4, -0.2) is 37.4 Å². The standard InChI is InChI=1S/C17H19FN6O/c1-23-9-13(7-20-23)17-16-11-25-15(10-24(16)22-21-17)8-19-6-12-2-4-14(18)5-3-12/h2-5,7,9,15,19H,6,8,10-11H2,1H3/t15-/m1/s1. The average Bonchev–Trinajstić information content (AvgIpc) is 3.22. The Balaban J connectivity index is 1.35. The van der Waals surface area contributed by atoms with Crippen molar-refractivity contribution in [2.45, 2.75) is 25.8 Å². The third-order valence-electron chi connectivity index (χ3n) is 4.26. The van der Waals surface area contributed by atoms with Crippen molar-refractivity contribution in [2.24, 2.45) is 7.05 Å². The molecule has 0 saturated heterocycles. The number of nitrogens with one attached hydrogen (secondary N) is 1. The molecular weight excluding hydrogens is 323 g/mol. The summed E-state index contributed by atoms with van der Waals surface area (Å²) in [5.74, 6) is -0.220. The molecule has 0 amide bonds. The van der Waals surface area contributed by atoms with Gasteiger partial charge in [-0.25, -0.2) is 9.07 Å². The van der Waals surface area contributed by atoms with Crippen molar-refractivity contribution in [3.8, 4) is 11.3 Å². The first-order valence-electron chi connectivity index (χ1n) is 8.17. The van der Waals surface area contributed by atoms with E-state index in [-0.39, 0.29) is 11.9 Å². The Bertz CT molecular complexity index is 856. The zero-order valence-electron chi connectivity index (χ0n) is 13.9. The van der Waals surface area contributed by atoms with Crippen molar-refractivity contribution >= 4 is 0 Å². The van der Waals surface area contributed by atoms with Crippen molar-refractivity contribution in [2.75, 3.05) is 6.54 Å². The highest BCUT2D eigenvalue weighted by atomic mass is 19.1. The molecule has 1 aliphatic heterocycles. The van der Waals surface area contributed by atoms with E-state index in [2.05, 4.69) is 20.7 Å². The summed E-state index contributed by atoms with van der Waals surface area (Å²) in [7, 11) is 1.87. The normalized spacial score (nSPS) is 16.8. The molecule has 2 aromatic heterocycles. The molecule has 0 fully saturated rings. The minimum absolute atomic E-state index is 0.0244. The molecule has 0 radical (unpaired) electrons. The number of rotatable bonds is 5. The van der Waals surface area contributed by atoms with E-state index in [4.69, 9.17) is 4.74 Å². The maximum absolute atomic E-state index is 12.9. The van der Waals surface area contributed by atoms with Gasteiger partial charge in [0, 0.05) is 31.9 Å². The van der Waals surface area contributed by atoms with Gasteiger partial charge in [0.05, 0.1) is 31.1 Å². The number of fused-ring (bicyclic) bond motifs is 1. The number of nitrogens with zero attached hydrogens (tertiary/aromatic N) is 5. The van der Waals surface area contributed by atoms with Crippen LogP contribution in [-0.2, 0) is 31.5 Å². The van der Waals surface area contributed by atoms with E-state index in [1.54, 1.807) is 23.0 Å². The van der Waals surface area contributed by atoms with E-state index < -0.39 is 0 Å². The molecule has 7 nitrogen and oxygen atoms in total. The quantitative estimate of drug-likeness (QED) is 0.761. The molecule has 0 aliphatic carbocycles. The second kappa shape index (κ2) is 6.73. The smallest absolute Gasteiger partial charge is 0.123 e. The largest absolute Gasteiger partial charge is 0.369 e. The van der Waals surface area contributed by atoms with Gasteiger partial charge in [-0.15, -0.1) is 5.10 Å². The van der Waals surface area contributed by atoms with Gasteiger partial charge in [-0.3, -0.25) is 4.68 Å². The third-order valence-corrected chi connectivity index (χ3v) is 4.26. The second-order valence-electron chi connectivity index (χ2n) is 6.16. The SMILES string of the molecule is Cn1cc(-c2nnn3c2CO[C@H](CNCc2ccc(F)cc2)C3)cn1. The lowest BCUT2D eigenvalue weighted by molar-refractivity contribution is 0.00125. The molecule has 1 atom stereocenters. The number of halogens is 1. The number of benzene rings is 1. The monoisotopic (exact) mass is 342 g/mol. The van der Waals surface area contributed by atoms with E-state index in [0.717, 1.165) is 22.5 Å². The van der Waals surface area contributed by atoms with Crippen LogP contribution < -0.4 is 5.32 Å². The highest BCUT2D eigenvalue weighted by molar-refractivity contribution is 5.59. The molecule has 0 bridgehead atoms. The first kappa shape index (κ1) is 15.9. The van der Waals surface area contributed by atoms with Crippen molar-refractivity contribution < 1.29 is 9.13 Å². The van der Waals surface area contributed by atoms with Gasteiger partial charge in [0.1, 0.15) is 11.5 Å². The molecule has 3 heterocycles. The summed E-state index contributed by atoms with van der Waals surface area (Å²) in [5.41, 5.74) is 3.78. The first-order valence-corrected chi connectivity index (χ1v) is 8.17. The number of hydrogen-bond donors (Lipinski definition) is 1. The first-order chi connectivity index (χ1) is 12.2. The van der Waals surface area contributed by atoms with Crippen molar-refractivity contribution in [1.82, 2.24) is 30.1 Å². The summed E-state index contributed by atoms with van der Waals surface area (Å²) < 4.78 is 22.5. The fourth-order valence-corrected chi connectivity index (χ4v) is 2.94. The van der Waals surface area contributed by atoms with Crippen LogP contribution in [0.4, 0.5) is 4.39 Å². The van der Waals surface area contributed by atoms with Gasteiger partial charge in [-0.1, -0.05) is 17.3 Å². The maximum atomic E-state index is 12.9. The molecule has 1 N–H and O–H groups in total. The van der Waals surface area contributed by atoms with Crippen LogP contribution in [0.3, 0.4) is 0 Å². The molecule has 1 aliphatic rings. The van der Waals surface area contributed by atoms with Gasteiger partial charge in [0.15, 0.2) is 0 Å². The molecule has 3 aromatic rings. The van der Waals surface area contributed by atoms with Gasteiger partial charge < -0.3 is 10.1 Å². The zero-order chi connectivity index (χ0) is 17.2. The van der Waals surface area contributed by atoms with Crippen LogP contribution in [0.2, 0.25) is 0 Å². The van der Waals surface area contributed by atoms with Crippen molar-refractivity contribution in [3.63, 3.8) is 0 Å². The lowest BCUT2D eigenvalue weighted by atomic mass is 10.2. The average molecular weight is 342 g/mol. The minimum atomic E-state index is -0.220. The molecule has 1 aromatic carbocycles. The topological polar surface area (TPSA) is 69.8 Å². The van der Waals surface area contributed by atoms with E-state index in [0.29, 0.717) is 26.2 Å². The van der Waals surface area contributed by atoms with Gasteiger partial charge in [-0.05, 0) is 17.7 Å².